The molecule has 1 aromatic rings. The molecule has 4 nitrogen and oxygen atoms in total. The number of amides is 1. The number of nitrogens with zero attached hydrogens (tertiary/aromatic N) is 1. The summed E-state index contributed by atoms with van der Waals surface area (Å²) >= 11 is 0. The molecule has 4 heteroatoms. The number of nitrogens with one attached hydrogen (secondary N) is 1. The minimum Gasteiger partial charge on any atom is -0.378 e. The number of ether oxygens (including phenoxy) is 1. The van der Waals surface area contributed by atoms with Crippen LogP contribution in [0, 0.1) is 0 Å². The molecule has 0 aliphatic carbocycles. The molecule has 1 aromatic carbocycles. The minimum atomic E-state index is -0.0908. The highest BCUT2D eigenvalue weighted by molar-refractivity contribution is 5.84. The van der Waals surface area contributed by atoms with Crippen LogP contribution in [0.5, 0.6) is 0 Å². The van der Waals surface area contributed by atoms with Gasteiger partial charge in [-0.1, -0.05) is 30.3 Å². The third-order valence-electron chi connectivity index (χ3n) is 4.49. The van der Waals surface area contributed by atoms with Gasteiger partial charge in [-0.15, -0.1) is 0 Å². The Bertz CT molecular complexity index is 471. The molecule has 2 heterocycles. The van der Waals surface area contributed by atoms with E-state index in [1.165, 1.54) is 5.56 Å². The van der Waals surface area contributed by atoms with Gasteiger partial charge in [-0.2, -0.15) is 0 Å². The van der Waals surface area contributed by atoms with Crippen LogP contribution in [0.1, 0.15) is 31.7 Å². The van der Waals surface area contributed by atoms with Gasteiger partial charge >= 0.3 is 0 Å². The van der Waals surface area contributed by atoms with Crippen molar-refractivity contribution in [2.45, 2.75) is 50.9 Å². The summed E-state index contributed by atoms with van der Waals surface area (Å²) in [4.78, 5) is 14.5. The summed E-state index contributed by atoms with van der Waals surface area (Å²) in [6, 6.07) is 10.1. The van der Waals surface area contributed by atoms with Crippen LogP contribution in [0.25, 0.3) is 0 Å². The topological polar surface area (TPSA) is 41.6 Å². The first-order valence-electron chi connectivity index (χ1n) is 7.96. The van der Waals surface area contributed by atoms with Crippen LogP contribution < -0.4 is 5.32 Å². The maximum Gasteiger partial charge on any atom is 0.241 e. The SMILES string of the molecule is CC1NC(Cc2ccccc2)C(=O)N1CCC1CCCO1. The van der Waals surface area contributed by atoms with Crippen molar-refractivity contribution in [1.29, 1.82) is 0 Å². The van der Waals surface area contributed by atoms with Crippen LogP contribution >= 0.6 is 0 Å². The highest BCUT2D eigenvalue weighted by Gasteiger charge is 2.36. The number of rotatable bonds is 5. The number of carbonyl (C=O) groups is 1. The van der Waals surface area contributed by atoms with Gasteiger partial charge in [-0.05, 0) is 38.2 Å². The molecule has 0 bridgehead atoms. The molecule has 0 spiro atoms. The van der Waals surface area contributed by atoms with Gasteiger partial charge < -0.3 is 9.64 Å². The Morgan fingerprint density at radius 2 is 2.14 bits per heavy atom. The fourth-order valence-corrected chi connectivity index (χ4v) is 3.30. The zero-order valence-corrected chi connectivity index (χ0v) is 12.6. The zero-order chi connectivity index (χ0) is 14.7. The molecular weight excluding hydrogens is 264 g/mol. The summed E-state index contributed by atoms with van der Waals surface area (Å²) in [5.41, 5.74) is 1.21. The van der Waals surface area contributed by atoms with Crippen molar-refractivity contribution in [2.75, 3.05) is 13.2 Å². The Balaban J connectivity index is 1.55. The third kappa shape index (κ3) is 3.44. The Morgan fingerprint density at radius 1 is 1.33 bits per heavy atom. The van der Waals surface area contributed by atoms with Crippen LogP contribution in [-0.2, 0) is 16.0 Å². The monoisotopic (exact) mass is 288 g/mol. The second-order valence-electron chi connectivity index (χ2n) is 6.04. The molecule has 3 unspecified atom stereocenters. The average molecular weight is 288 g/mol. The molecule has 2 aliphatic heterocycles. The van der Waals surface area contributed by atoms with E-state index in [4.69, 9.17) is 4.74 Å². The Hall–Kier alpha value is -1.39. The summed E-state index contributed by atoms with van der Waals surface area (Å²) in [6.07, 6.45) is 4.47. The summed E-state index contributed by atoms with van der Waals surface area (Å²) in [5, 5.41) is 3.41. The van der Waals surface area contributed by atoms with Crippen LogP contribution in [0.4, 0.5) is 0 Å². The van der Waals surface area contributed by atoms with Gasteiger partial charge in [-0.25, -0.2) is 0 Å². The standard InChI is InChI=1S/C17H24N2O2/c1-13-18-16(12-14-6-3-2-4-7-14)17(20)19(13)10-9-15-8-5-11-21-15/h2-4,6-7,13,15-16,18H,5,8-12H2,1H3. The van der Waals surface area contributed by atoms with Crippen molar-refractivity contribution in [1.82, 2.24) is 10.2 Å². The summed E-state index contributed by atoms with van der Waals surface area (Å²) < 4.78 is 5.65. The van der Waals surface area contributed by atoms with Gasteiger partial charge in [0.1, 0.15) is 0 Å². The van der Waals surface area contributed by atoms with E-state index < -0.39 is 0 Å². The number of hydrogen-bond donors (Lipinski definition) is 1. The van der Waals surface area contributed by atoms with E-state index in [-0.39, 0.29) is 18.1 Å². The molecule has 3 rings (SSSR count). The third-order valence-corrected chi connectivity index (χ3v) is 4.49. The van der Waals surface area contributed by atoms with E-state index in [1.54, 1.807) is 0 Å². The maximum absolute atomic E-state index is 12.5. The van der Waals surface area contributed by atoms with Crippen molar-refractivity contribution in [3.05, 3.63) is 35.9 Å². The minimum absolute atomic E-state index is 0.0908. The smallest absolute Gasteiger partial charge is 0.241 e. The first-order valence-corrected chi connectivity index (χ1v) is 7.96. The Labute approximate surface area is 126 Å². The second kappa shape index (κ2) is 6.58. The van der Waals surface area contributed by atoms with Crippen molar-refractivity contribution in [3.8, 4) is 0 Å². The average Bonchev–Trinajstić information content (AvgIpc) is 3.08. The van der Waals surface area contributed by atoms with E-state index in [0.29, 0.717) is 6.10 Å². The summed E-state index contributed by atoms with van der Waals surface area (Å²) in [6.45, 7) is 3.74. The second-order valence-corrected chi connectivity index (χ2v) is 6.04. The van der Waals surface area contributed by atoms with Gasteiger partial charge in [0, 0.05) is 13.2 Å². The van der Waals surface area contributed by atoms with E-state index >= 15 is 0 Å². The zero-order valence-electron chi connectivity index (χ0n) is 12.6. The van der Waals surface area contributed by atoms with Crippen molar-refractivity contribution >= 4 is 5.91 Å². The van der Waals surface area contributed by atoms with Gasteiger partial charge in [-0.3, -0.25) is 10.1 Å². The van der Waals surface area contributed by atoms with Crippen molar-refractivity contribution in [3.63, 3.8) is 0 Å². The lowest BCUT2D eigenvalue weighted by atomic mass is 10.1. The highest BCUT2D eigenvalue weighted by atomic mass is 16.5. The maximum atomic E-state index is 12.5. The number of benzene rings is 1. The van der Waals surface area contributed by atoms with E-state index in [0.717, 1.165) is 38.8 Å². The molecule has 0 radical (unpaired) electrons. The lowest BCUT2D eigenvalue weighted by molar-refractivity contribution is -0.130. The predicted molar refractivity (Wildman–Crippen MR) is 81.8 cm³/mol. The lowest BCUT2D eigenvalue weighted by Crippen LogP contribution is -2.36. The van der Waals surface area contributed by atoms with Gasteiger partial charge in [0.15, 0.2) is 0 Å². The molecule has 1 amide bonds. The molecule has 2 aliphatic rings. The molecule has 1 N–H and O–H groups in total. The van der Waals surface area contributed by atoms with E-state index in [9.17, 15) is 4.79 Å². The van der Waals surface area contributed by atoms with E-state index in [2.05, 4.69) is 24.4 Å². The van der Waals surface area contributed by atoms with Crippen LogP contribution in [-0.4, -0.2) is 42.3 Å². The lowest BCUT2D eigenvalue weighted by Gasteiger charge is -2.22. The number of carbonyl (C=O) groups excluding carboxylic acids is 1. The highest BCUT2D eigenvalue weighted by Crippen LogP contribution is 2.19. The first kappa shape index (κ1) is 14.5. The Morgan fingerprint density at radius 3 is 2.86 bits per heavy atom. The molecule has 0 aromatic heterocycles. The van der Waals surface area contributed by atoms with E-state index in [1.807, 2.05) is 23.1 Å². The van der Waals surface area contributed by atoms with Crippen molar-refractivity contribution in [2.24, 2.45) is 0 Å². The van der Waals surface area contributed by atoms with Crippen LogP contribution in [0.15, 0.2) is 30.3 Å². The van der Waals surface area contributed by atoms with Crippen LogP contribution in [0.2, 0.25) is 0 Å². The number of hydrogen-bond acceptors (Lipinski definition) is 3. The van der Waals surface area contributed by atoms with Crippen molar-refractivity contribution < 1.29 is 9.53 Å². The van der Waals surface area contributed by atoms with Gasteiger partial charge in [0.2, 0.25) is 5.91 Å². The molecule has 2 fully saturated rings. The first-order chi connectivity index (χ1) is 10.2. The summed E-state index contributed by atoms with van der Waals surface area (Å²) in [5.74, 6) is 0.226. The molecule has 0 saturated carbocycles. The molecule has 2 saturated heterocycles. The molecule has 3 atom stereocenters. The quantitative estimate of drug-likeness (QED) is 0.900. The molecule has 21 heavy (non-hydrogen) atoms. The van der Waals surface area contributed by atoms with Gasteiger partial charge in [0.25, 0.3) is 0 Å². The largest absolute Gasteiger partial charge is 0.378 e. The summed E-state index contributed by atoms with van der Waals surface area (Å²) in [7, 11) is 0. The van der Waals surface area contributed by atoms with Crippen LogP contribution in [0.3, 0.4) is 0 Å². The predicted octanol–water partition coefficient (Wildman–Crippen LogP) is 1.94. The molecule has 114 valence electrons. The Kier molecular flexibility index (Phi) is 4.56. The molecular formula is C17H24N2O2. The van der Waals surface area contributed by atoms with Gasteiger partial charge in [0.05, 0.1) is 18.3 Å². The normalized spacial score (nSPS) is 29.3. The fraction of sp³-hybridized carbons (Fsp3) is 0.588. The fourth-order valence-electron chi connectivity index (χ4n) is 3.30.